The zero-order chi connectivity index (χ0) is 10.5. The van der Waals surface area contributed by atoms with Crippen molar-refractivity contribution in [1.29, 1.82) is 0 Å². The Bertz CT molecular complexity index is 162. The van der Waals surface area contributed by atoms with Crippen LogP contribution in [0.15, 0.2) is 0 Å². The Morgan fingerprint density at radius 2 is 1.77 bits per heavy atom. The van der Waals surface area contributed by atoms with Crippen LogP contribution in [-0.2, 0) is 4.79 Å². The molecule has 0 atom stereocenters. The molecule has 0 aliphatic rings. The normalized spacial score (nSPS) is 11.8. The molecule has 0 rings (SSSR count). The molecule has 3 nitrogen and oxygen atoms in total. The SMILES string of the molecule is CCC(CC)(NC(C)C)C(=O)NC. The van der Waals surface area contributed by atoms with Crippen molar-refractivity contribution in [3.8, 4) is 0 Å². The first kappa shape index (κ1) is 12.4. The van der Waals surface area contributed by atoms with Gasteiger partial charge in [0.25, 0.3) is 0 Å². The van der Waals surface area contributed by atoms with E-state index in [4.69, 9.17) is 0 Å². The van der Waals surface area contributed by atoms with Crippen LogP contribution in [0.2, 0.25) is 0 Å². The van der Waals surface area contributed by atoms with E-state index in [0.717, 1.165) is 12.8 Å². The van der Waals surface area contributed by atoms with E-state index in [1.165, 1.54) is 0 Å². The van der Waals surface area contributed by atoms with Crippen molar-refractivity contribution in [2.45, 2.75) is 52.1 Å². The molecule has 2 N–H and O–H groups in total. The minimum atomic E-state index is -0.386. The van der Waals surface area contributed by atoms with E-state index in [1.807, 2.05) is 13.8 Å². The van der Waals surface area contributed by atoms with E-state index >= 15 is 0 Å². The molecule has 0 fully saturated rings. The third kappa shape index (κ3) is 2.99. The molecule has 3 heteroatoms. The Labute approximate surface area is 81.3 Å². The quantitative estimate of drug-likeness (QED) is 0.679. The molecule has 0 radical (unpaired) electrons. The van der Waals surface area contributed by atoms with Gasteiger partial charge in [0, 0.05) is 13.1 Å². The van der Waals surface area contributed by atoms with Crippen molar-refractivity contribution in [3.05, 3.63) is 0 Å². The van der Waals surface area contributed by atoms with Gasteiger partial charge in [-0.25, -0.2) is 0 Å². The third-order valence-electron chi connectivity index (χ3n) is 2.43. The summed E-state index contributed by atoms with van der Waals surface area (Å²) in [6, 6.07) is 0.331. The van der Waals surface area contributed by atoms with Gasteiger partial charge in [0.1, 0.15) is 0 Å². The van der Waals surface area contributed by atoms with Crippen LogP contribution in [0.4, 0.5) is 0 Å². The molecule has 1 amide bonds. The largest absolute Gasteiger partial charge is 0.358 e. The summed E-state index contributed by atoms with van der Waals surface area (Å²) in [6.45, 7) is 8.19. The summed E-state index contributed by atoms with van der Waals surface area (Å²) >= 11 is 0. The van der Waals surface area contributed by atoms with Gasteiger partial charge in [-0.3, -0.25) is 4.79 Å². The Morgan fingerprint density at radius 3 is 2.00 bits per heavy atom. The van der Waals surface area contributed by atoms with Crippen molar-refractivity contribution in [2.75, 3.05) is 7.05 Å². The zero-order valence-electron chi connectivity index (χ0n) is 9.40. The lowest BCUT2D eigenvalue weighted by molar-refractivity contribution is -0.127. The number of carbonyl (C=O) groups excluding carboxylic acids is 1. The molecule has 0 bridgehead atoms. The molecule has 0 aliphatic carbocycles. The predicted molar refractivity (Wildman–Crippen MR) is 55.7 cm³/mol. The van der Waals surface area contributed by atoms with Crippen LogP contribution in [0.5, 0.6) is 0 Å². The molecule has 0 aromatic heterocycles. The first-order valence-electron chi connectivity index (χ1n) is 5.02. The second kappa shape index (κ2) is 5.22. The molecule has 0 aromatic rings. The molecule has 0 aromatic carbocycles. The maximum Gasteiger partial charge on any atom is 0.240 e. The van der Waals surface area contributed by atoms with Crippen LogP contribution in [0.3, 0.4) is 0 Å². The van der Waals surface area contributed by atoms with Crippen molar-refractivity contribution < 1.29 is 4.79 Å². The first-order chi connectivity index (χ1) is 6.02. The number of amides is 1. The van der Waals surface area contributed by atoms with E-state index in [9.17, 15) is 4.79 Å². The van der Waals surface area contributed by atoms with Gasteiger partial charge in [-0.1, -0.05) is 13.8 Å². The zero-order valence-corrected chi connectivity index (χ0v) is 9.40. The molecule has 0 unspecified atom stereocenters. The number of hydrogen-bond acceptors (Lipinski definition) is 2. The summed E-state index contributed by atoms with van der Waals surface area (Å²) < 4.78 is 0. The van der Waals surface area contributed by atoms with Gasteiger partial charge in [0.15, 0.2) is 0 Å². The molecule has 0 heterocycles. The van der Waals surface area contributed by atoms with Crippen molar-refractivity contribution in [3.63, 3.8) is 0 Å². The predicted octanol–water partition coefficient (Wildman–Crippen LogP) is 1.29. The summed E-state index contributed by atoms with van der Waals surface area (Å²) in [7, 11) is 1.68. The Balaban J connectivity index is 4.58. The summed E-state index contributed by atoms with van der Waals surface area (Å²) in [5.41, 5.74) is -0.386. The van der Waals surface area contributed by atoms with Gasteiger partial charge in [0.05, 0.1) is 5.54 Å². The average molecular weight is 186 g/mol. The van der Waals surface area contributed by atoms with Crippen LogP contribution in [-0.4, -0.2) is 24.5 Å². The Morgan fingerprint density at radius 1 is 1.31 bits per heavy atom. The third-order valence-corrected chi connectivity index (χ3v) is 2.43. The summed E-state index contributed by atoms with van der Waals surface area (Å²) in [4.78, 5) is 11.7. The fourth-order valence-electron chi connectivity index (χ4n) is 1.63. The highest BCUT2D eigenvalue weighted by molar-refractivity contribution is 5.86. The van der Waals surface area contributed by atoms with Gasteiger partial charge < -0.3 is 10.6 Å². The van der Waals surface area contributed by atoms with Gasteiger partial charge in [-0.05, 0) is 26.7 Å². The summed E-state index contributed by atoms with van der Waals surface area (Å²) in [5.74, 6) is 0.0891. The Kier molecular flexibility index (Phi) is 4.99. The molecule has 0 saturated heterocycles. The van der Waals surface area contributed by atoms with Gasteiger partial charge in [-0.15, -0.1) is 0 Å². The molecule has 0 spiro atoms. The van der Waals surface area contributed by atoms with Crippen molar-refractivity contribution in [2.24, 2.45) is 0 Å². The maximum atomic E-state index is 11.7. The molecular formula is C10H22N2O. The standard InChI is InChI=1S/C10H22N2O/c1-6-10(7-2,9(13)11-5)12-8(3)4/h8,12H,6-7H2,1-5H3,(H,11,13). The fourth-order valence-corrected chi connectivity index (χ4v) is 1.63. The summed E-state index contributed by atoms with van der Waals surface area (Å²) in [6.07, 6.45) is 1.64. The minimum Gasteiger partial charge on any atom is -0.358 e. The summed E-state index contributed by atoms with van der Waals surface area (Å²) in [5, 5.41) is 6.04. The van der Waals surface area contributed by atoms with Crippen molar-refractivity contribution >= 4 is 5.91 Å². The highest BCUT2D eigenvalue weighted by atomic mass is 16.2. The highest BCUT2D eigenvalue weighted by Gasteiger charge is 2.33. The monoisotopic (exact) mass is 186 g/mol. The van der Waals surface area contributed by atoms with Crippen LogP contribution in [0.25, 0.3) is 0 Å². The fraction of sp³-hybridized carbons (Fsp3) is 0.900. The molecule has 13 heavy (non-hydrogen) atoms. The van der Waals surface area contributed by atoms with Crippen LogP contribution < -0.4 is 10.6 Å². The van der Waals surface area contributed by atoms with Gasteiger partial charge in [-0.2, -0.15) is 0 Å². The second-order valence-electron chi connectivity index (χ2n) is 3.67. The number of nitrogens with one attached hydrogen (secondary N) is 2. The Hall–Kier alpha value is -0.570. The lowest BCUT2D eigenvalue weighted by Gasteiger charge is -2.33. The molecular weight excluding hydrogens is 164 g/mol. The van der Waals surface area contributed by atoms with E-state index in [2.05, 4.69) is 24.5 Å². The van der Waals surface area contributed by atoms with E-state index in [0.29, 0.717) is 6.04 Å². The van der Waals surface area contributed by atoms with E-state index in [1.54, 1.807) is 7.05 Å². The van der Waals surface area contributed by atoms with Crippen LogP contribution >= 0.6 is 0 Å². The van der Waals surface area contributed by atoms with Crippen LogP contribution in [0.1, 0.15) is 40.5 Å². The average Bonchev–Trinajstić information content (AvgIpc) is 2.12. The van der Waals surface area contributed by atoms with Crippen molar-refractivity contribution in [1.82, 2.24) is 10.6 Å². The second-order valence-corrected chi connectivity index (χ2v) is 3.67. The molecule has 78 valence electrons. The number of rotatable bonds is 5. The molecule has 0 saturated carbocycles. The maximum absolute atomic E-state index is 11.7. The molecule has 0 aliphatic heterocycles. The number of carbonyl (C=O) groups is 1. The van der Waals surface area contributed by atoms with E-state index in [-0.39, 0.29) is 11.4 Å². The first-order valence-corrected chi connectivity index (χ1v) is 5.02. The number of hydrogen-bond donors (Lipinski definition) is 2. The van der Waals surface area contributed by atoms with Crippen LogP contribution in [0, 0.1) is 0 Å². The smallest absolute Gasteiger partial charge is 0.240 e. The van der Waals surface area contributed by atoms with Gasteiger partial charge in [0.2, 0.25) is 5.91 Å². The highest BCUT2D eigenvalue weighted by Crippen LogP contribution is 2.16. The minimum absolute atomic E-state index is 0.0891. The lowest BCUT2D eigenvalue weighted by Crippen LogP contribution is -2.57. The number of likely N-dealkylation sites (N-methyl/N-ethyl adjacent to an activating group) is 1. The lowest BCUT2D eigenvalue weighted by atomic mass is 9.91. The topological polar surface area (TPSA) is 41.1 Å². The van der Waals surface area contributed by atoms with Gasteiger partial charge >= 0.3 is 0 Å². The van der Waals surface area contributed by atoms with E-state index < -0.39 is 0 Å².